The van der Waals surface area contributed by atoms with Crippen LogP contribution in [0.4, 0.5) is 17.6 Å². The first-order valence-electron chi connectivity index (χ1n) is 5.97. The van der Waals surface area contributed by atoms with Gasteiger partial charge in [0.05, 0.1) is 16.0 Å². The van der Waals surface area contributed by atoms with Crippen LogP contribution in [0.15, 0.2) is 22.6 Å². The van der Waals surface area contributed by atoms with Crippen molar-refractivity contribution in [2.45, 2.75) is 31.9 Å². The maximum Gasteiger partial charge on any atom is 0.266 e. The Balaban J connectivity index is 3.47. The molecule has 0 saturated heterocycles. The molecule has 1 aromatic carbocycles. The van der Waals surface area contributed by atoms with Crippen molar-refractivity contribution >= 4 is 15.7 Å². The van der Waals surface area contributed by atoms with Gasteiger partial charge in [-0.3, -0.25) is 0 Å². The molecule has 0 aliphatic heterocycles. The molecule has 0 saturated carbocycles. The molecule has 0 bridgehead atoms. The van der Waals surface area contributed by atoms with Crippen molar-refractivity contribution in [2.75, 3.05) is 6.67 Å². The Labute approximate surface area is 120 Å². The van der Waals surface area contributed by atoms with E-state index in [1.165, 1.54) is 20.8 Å². The zero-order chi connectivity index (χ0) is 16.4. The molecule has 0 aliphatic rings. The third-order valence-corrected chi connectivity index (χ3v) is 4.71. The van der Waals surface area contributed by atoms with Gasteiger partial charge in [-0.1, -0.05) is 18.2 Å². The van der Waals surface area contributed by atoms with Crippen LogP contribution >= 0.6 is 0 Å². The number of sulfonamides is 1. The van der Waals surface area contributed by atoms with Crippen molar-refractivity contribution in [2.24, 2.45) is 4.40 Å². The Morgan fingerprint density at radius 3 is 2.29 bits per heavy atom. The van der Waals surface area contributed by atoms with Gasteiger partial charge in [-0.05, 0) is 20.8 Å². The van der Waals surface area contributed by atoms with Crippen molar-refractivity contribution in [3.05, 3.63) is 35.1 Å². The number of alkyl halides is 3. The molecule has 0 aromatic heterocycles. The zero-order valence-corrected chi connectivity index (χ0v) is 12.5. The predicted molar refractivity (Wildman–Crippen MR) is 72.5 cm³/mol. The highest BCUT2D eigenvalue weighted by molar-refractivity contribution is 7.91. The molecule has 21 heavy (non-hydrogen) atoms. The van der Waals surface area contributed by atoms with E-state index in [9.17, 15) is 26.0 Å². The lowest BCUT2D eigenvalue weighted by atomic mass is 10.1. The summed E-state index contributed by atoms with van der Waals surface area (Å²) in [5.41, 5.74) is -2.24. The van der Waals surface area contributed by atoms with Gasteiger partial charge in [-0.15, -0.1) is 0 Å². The van der Waals surface area contributed by atoms with Gasteiger partial charge in [0.1, 0.15) is 12.5 Å². The molecule has 0 N–H and O–H groups in total. The molecule has 3 nitrogen and oxygen atoms in total. The van der Waals surface area contributed by atoms with Crippen LogP contribution in [-0.4, -0.2) is 25.6 Å². The molecule has 0 heterocycles. The maximum absolute atomic E-state index is 13.9. The van der Waals surface area contributed by atoms with Gasteiger partial charge >= 0.3 is 0 Å². The molecule has 0 fully saturated rings. The van der Waals surface area contributed by atoms with Crippen LogP contribution < -0.4 is 0 Å². The summed E-state index contributed by atoms with van der Waals surface area (Å²) in [6, 6.07) is 2.95. The quantitative estimate of drug-likeness (QED) is 0.626. The molecule has 0 unspecified atom stereocenters. The topological polar surface area (TPSA) is 46.5 Å². The summed E-state index contributed by atoms with van der Waals surface area (Å²) in [4.78, 5) is 0. The van der Waals surface area contributed by atoms with Crippen LogP contribution in [0.5, 0.6) is 0 Å². The SMILES string of the molecule is CC(C)(C)S(=O)(=O)N=C(CF)c1cccc(C(F)F)c1F. The van der Waals surface area contributed by atoms with Crippen LogP contribution in [0, 0.1) is 5.82 Å². The van der Waals surface area contributed by atoms with Gasteiger partial charge in [0.15, 0.2) is 0 Å². The largest absolute Gasteiger partial charge is 0.266 e. The molecule has 0 atom stereocenters. The maximum atomic E-state index is 13.9. The molecule has 1 rings (SSSR count). The summed E-state index contributed by atoms with van der Waals surface area (Å²) >= 11 is 0. The highest BCUT2D eigenvalue weighted by atomic mass is 32.2. The van der Waals surface area contributed by atoms with Crippen LogP contribution in [0.3, 0.4) is 0 Å². The molecular weight excluding hydrogens is 310 g/mol. The third-order valence-electron chi connectivity index (χ3n) is 2.71. The van der Waals surface area contributed by atoms with E-state index in [0.29, 0.717) is 0 Å². The molecule has 1 aromatic rings. The Kier molecular flexibility index (Phi) is 5.14. The van der Waals surface area contributed by atoms with E-state index in [0.717, 1.165) is 18.2 Å². The summed E-state index contributed by atoms with van der Waals surface area (Å²) in [5, 5.41) is 0. The summed E-state index contributed by atoms with van der Waals surface area (Å²) in [5.74, 6) is -1.37. The predicted octanol–water partition coefficient (Wildman–Crippen LogP) is 3.65. The first-order valence-corrected chi connectivity index (χ1v) is 7.41. The Hall–Kier alpha value is -1.44. The van der Waals surface area contributed by atoms with E-state index in [2.05, 4.69) is 4.40 Å². The molecule has 0 amide bonds. The van der Waals surface area contributed by atoms with Gasteiger partial charge in [0, 0.05) is 5.56 Å². The first kappa shape index (κ1) is 17.6. The van der Waals surface area contributed by atoms with E-state index >= 15 is 0 Å². The van der Waals surface area contributed by atoms with Gasteiger partial charge in [-0.2, -0.15) is 4.40 Å². The van der Waals surface area contributed by atoms with E-state index in [1.54, 1.807) is 0 Å². The number of hydrogen-bond acceptors (Lipinski definition) is 2. The summed E-state index contributed by atoms with van der Waals surface area (Å²) in [6.07, 6.45) is -3.09. The van der Waals surface area contributed by atoms with Crippen molar-refractivity contribution < 1.29 is 26.0 Å². The van der Waals surface area contributed by atoms with Gasteiger partial charge < -0.3 is 0 Å². The fraction of sp³-hybridized carbons (Fsp3) is 0.462. The fourth-order valence-corrected chi connectivity index (χ4v) is 2.08. The monoisotopic (exact) mass is 325 g/mol. The molecule has 8 heteroatoms. The van der Waals surface area contributed by atoms with E-state index < -0.39 is 50.5 Å². The average Bonchev–Trinajstić information content (AvgIpc) is 2.34. The minimum absolute atomic E-state index is 0.580. The highest BCUT2D eigenvalue weighted by Crippen LogP contribution is 2.25. The van der Waals surface area contributed by atoms with Crippen molar-refractivity contribution in [3.8, 4) is 0 Å². The molecule has 0 aliphatic carbocycles. The minimum Gasteiger partial charge on any atom is -0.244 e. The van der Waals surface area contributed by atoms with E-state index in [-0.39, 0.29) is 0 Å². The number of halogens is 4. The summed E-state index contributed by atoms with van der Waals surface area (Å²) in [7, 11) is -4.11. The molecular formula is C13H15F4NO2S. The normalized spacial score (nSPS) is 13.8. The number of hydrogen-bond donors (Lipinski definition) is 0. The Bertz CT molecular complexity index is 649. The van der Waals surface area contributed by atoms with Crippen molar-refractivity contribution in [1.82, 2.24) is 0 Å². The van der Waals surface area contributed by atoms with Gasteiger partial charge in [-0.25, -0.2) is 26.0 Å². The van der Waals surface area contributed by atoms with Crippen molar-refractivity contribution in [3.63, 3.8) is 0 Å². The smallest absolute Gasteiger partial charge is 0.244 e. The standard InChI is InChI=1S/C13H15F4NO2S/c1-13(2,3)21(19,20)18-10(7-14)8-5-4-6-9(11(8)15)12(16)17/h4-6,12H,7H2,1-3H3. The van der Waals surface area contributed by atoms with Crippen LogP contribution in [-0.2, 0) is 10.0 Å². The van der Waals surface area contributed by atoms with Crippen LogP contribution in [0.25, 0.3) is 0 Å². The highest BCUT2D eigenvalue weighted by Gasteiger charge is 2.30. The van der Waals surface area contributed by atoms with Crippen LogP contribution in [0.1, 0.15) is 38.3 Å². The summed E-state index contributed by atoms with van der Waals surface area (Å²) < 4.78 is 77.9. The lowest BCUT2D eigenvalue weighted by Gasteiger charge is -2.16. The van der Waals surface area contributed by atoms with E-state index in [4.69, 9.17) is 0 Å². The van der Waals surface area contributed by atoms with Gasteiger partial charge in [0.2, 0.25) is 0 Å². The second-order valence-electron chi connectivity index (χ2n) is 5.27. The first-order chi connectivity index (χ1) is 9.51. The third kappa shape index (κ3) is 3.81. The fourth-order valence-electron chi connectivity index (χ4n) is 1.37. The lowest BCUT2D eigenvalue weighted by molar-refractivity contribution is 0.146. The minimum atomic E-state index is -4.11. The summed E-state index contributed by atoms with van der Waals surface area (Å²) in [6.45, 7) is 2.63. The number of rotatable bonds is 4. The average molecular weight is 325 g/mol. The Morgan fingerprint density at radius 2 is 1.86 bits per heavy atom. The lowest BCUT2D eigenvalue weighted by Crippen LogP contribution is -2.27. The number of nitrogens with zero attached hydrogens (tertiary/aromatic N) is 1. The Morgan fingerprint density at radius 1 is 1.29 bits per heavy atom. The van der Waals surface area contributed by atoms with Gasteiger partial charge in [0.25, 0.3) is 16.4 Å². The molecule has 118 valence electrons. The second kappa shape index (κ2) is 6.13. The molecule has 0 radical (unpaired) electrons. The van der Waals surface area contributed by atoms with Crippen molar-refractivity contribution in [1.29, 1.82) is 0 Å². The second-order valence-corrected chi connectivity index (χ2v) is 7.63. The van der Waals surface area contributed by atoms with Crippen LogP contribution in [0.2, 0.25) is 0 Å². The number of benzene rings is 1. The van der Waals surface area contributed by atoms with E-state index in [1.807, 2.05) is 0 Å². The molecule has 0 spiro atoms. The zero-order valence-electron chi connectivity index (χ0n) is 11.7.